The lowest BCUT2D eigenvalue weighted by Crippen LogP contribution is -2.30. The summed E-state index contributed by atoms with van der Waals surface area (Å²) >= 11 is 1.20. The van der Waals surface area contributed by atoms with Gasteiger partial charge in [0.2, 0.25) is 10.0 Å². The summed E-state index contributed by atoms with van der Waals surface area (Å²) in [6.45, 7) is 1.11. The predicted molar refractivity (Wildman–Crippen MR) is 123 cm³/mol. The Bertz CT molecular complexity index is 1390. The van der Waals surface area contributed by atoms with Crippen molar-refractivity contribution in [3.05, 3.63) is 78.0 Å². The highest BCUT2D eigenvalue weighted by Gasteiger charge is 2.28. The van der Waals surface area contributed by atoms with E-state index in [1.807, 2.05) is 0 Å². The van der Waals surface area contributed by atoms with Crippen molar-refractivity contribution in [3.63, 3.8) is 0 Å². The van der Waals surface area contributed by atoms with Crippen molar-refractivity contribution in [2.75, 3.05) is 18.0 Å². The number of carbonyl (C=O) groups excluding carboxylic acids is 1. The van der Waals surface area contributed by atoms with Crippen LogP contribution in [0.4, 0.5) is 9.52 Å². The van der Waals surface area contributed by atoms with E-state index < -0.39 is 21.7 Å². The number of nitrogens with zero attached hydrogens (tertiary/aromatic N) is 3. The second kappa shape index (κ2) is 8.69. The number of rotatable bonds is 6. The molecular formula is C23H20FN3O4S2. The maximum Gasteiger partial charge on any atom is 0.260 e. The molecule has 0 spiro atoms. The van der Waals surface area contributed by atoms with Crippen LogP contribution in [-0.2, 0) is 16.6 Å². The Labute approximate surface area is 194 Å². The van der Waals surface area contributed by atoms with Gasteiger partial charge in [0.25, 0.3) is 5.91 Å². The molecule has 4 aromatic rings. The van der Waals surface area contributed by atoms with Crippen LogP contribution >= 0.6 is 11.3 Å². The van der Waals surface area contributed by atoms with Gasteiger partial charge in [-0.15, -0.1) is 0 Å². The first kappa shape index (κ1) is 21.7. The summed E-state index contributed by atoms with van der Waals surface area (Å²) in [4.78, 5) is 19.4. The largest absolute Gasteiger partial charge is 0.467 e. The fourth-order valence-electron chi connectivity index (χ4n) is 3.81. The number of fused-ring (bicyclic) bond motifs is 1. The maximum absolute atomic E-state index is 14.2. The number of benzene rings is 2. The molecule has 1 fully saturated rings. The summed E-state index contributed by atoms with van der Waals surface area (Å²) < 4.78 is 47.3. The Morgan fingerprint density at radius 1 is 1.09 bits per heavy atom. The molecule has 2 aromatic carbocycles. The molecule has 2 aromatic heterocycles. The summed E-state index contributed by atoms with van der Waals surface area (Å²) in [5, 5.41) is 0.324. The van der Waals surface area contributed by atoms with Crippen molar-refractivity contribution < 1.29 is 22.0 Å². The Balaban J connectivity index is 1.48. The smallest absolute Gasteiger partial charge is 0.260 e. The third kappa shape index (κ3) is 4.17. The second-order valence-corrected chi connectivity index (χ2v) is 10.6. The summed E-state index contributed by atoms with van der Waals surface area (Å²) in [6.07, 6.45) is 3.20. The second-order valence-electron chi connectivity index (χ2n) is 7.69. The minimum Gasteiger partial charge on any atom is -0.467 e. The molecule has 33 heavy (non-hydrogen) atoms. The van der Waals surface area contributed by atoms with Gasteiger partial charge in [0, 0.05) is 18.7 Å². The molecule has 7 nitrogen and oxygen atoms in total. The molecule has 0 atom stereocenters. The summed E-state index contributed by atoms with van der Waals surface area (Å²) in [5.41, 5.74) is 0.489. The van der Waals surface area contributed by atoms with E-state index in [2.05, 4.69) is 4.98 Å². The quantitative estimate of drug-likeness (QED) is 0.397. The predicted octanol–water partition coefficient (Wildman–Crippen LogP) is 4.66. The molecule has 10 heteroatoms. The Kier molecular flexibility index (Phi) is 5.73. The topological polar surface area (TPSA) is 83.7 Å². The van der Waals surface area contributed by atoms with Crippen molar-refractivity contribution >= 4 is 42.6 Å². The van der Waals surface area contributed by atoms with Gasteiger partial charge in [-0.2, -0.15) is 4.31 Å². The number of furan rings is 1. The van der Waals surface area contributed by atoms with Crippen molar-refractivity contribution in [3.8, 4) is 0 Å². The van der Waals surface area contributed by atoms with Gasteiger partial charge < -0.3 is 4.42 Å². The number of thiazole rings is 1. The monoisotopic (exact) mass is 485 g/mol. The fourth-order valence-corrected chi connectivity index (χ4v) is 6.30. The van der Waals surface area contributed by atoms with Gasteiger partial charge in [0.05, 0.1) is 22.4 Å². The molecule has 0 bridgehead atoms. The molecule has 1 aliphatic rings. The van der Waals surface area contributed by atoms with Crippen LogP contribution in [-0.4, -0.2) is 36.7 Å². The van der Waals surface area contributed by atoms with E-state index in [0.29, 0.717) is 34.2 Å². The van der Waals surface area contributed by atoms with Gasteiger partial charge in [-0.25, -0.2) is 17.8 Å². The number of aromatic nitrogens is 1. The number of hydrogen-bond donors (Lipinski definition) is 0. The number of halogens is 1. The lowest BCUT2D eigenvalue weighted by molar-refractivity contribution is 0.0983. The third-order valence-corrected chi connectivity index (χ3v) is 8.49. The summed E-state index contributed by atoms with van der Waals surface area (Å²) in [6, 6.07) is 14.0. The van der Waals surface area contributed by atoms with Crippen molar-refractivity contribution in [1.29, 1.82) is 0 Å². The molecule has 0 saturated carbocycles. The molecular weight excluding hydrogens is 465 g/mol. The van der Waals surface area contributed by atoms with E-state index in [1.165, 1.54) is 57.1 Å². The van der Waals surface area contributed by atoms with E-state index in [-0.39, 0.29) is 17.0 Å². The highest BCUT2D eigenvalue weighted by Crippen LogP contribution is 2.32. The first-order valence-corrected chi connectivity index (χ1v) is 12.7. The van der Waals surface area contributed by atoms with Gasteiger partial charge in [-0.05, 0) is 61.4 Å². The van der Waals surface area contributed by atoms with E-state index in [1.54, 1.807) is 24.3 Å². The molecule has 3 heterocycles. The third-order valence-electron chi connectivity index (χ3n) is 5.53. The minimum absolute atomic E-state index is 0.0983. The van der Waals surface area contributed by atoms with Crippen LogP contribution in [0.15, 0.2) is 70.2 Å². The van der Waals surface area contributed by atoms with Gasteiger partial charge >= 0.3 is 0 Å². The Morgan fingerprint density at radius 3 is 2.52 bits per heavy atom. The van der Waals surface area contributed by atoms with Crippen LogP contribution < -0.4 is 4.90 Å². The zero-order chi connectivity index (χ0) is 23.0. The van der Waals surface area contributed by atoms with Gasteiger partial charge in [0.15, 0.2) is 5.13 Å². The highest BCUT2D eigenvalue weighted by molar-refractivity contribution is 7.89. The number of para-hydroxylation sites is 1. The summed E-state index contributed by atoms with van der Waals surface area (Å²) in [7, 11) is -3.58. The number of carbonyl (C=O) groups is 1. The molecule has 1 saturated heterocycles. The van der Waals surface area contributed by atoms with Crippen LogP contribution in [0.1, 0.15) is 29.0 Å². The molecule has 1 amide bonds. The lowest BCUT2D eigenvalue weighted by Gasteiger charge is -2.19. The number of anilines is 1. The lowest BCUT2D eigenvalue weighted by atomic mass is 10.2. The average Bonchev–Trinajstić information content (AvgIpc) is 3.59. The SMILES string of the molecule is O=C(c1ccc(S(=O)(=O)N2CCCC2)cc1)N(Cc1ccco1)c1nc2c(F)cccc2s1. The molecule has 1 aliphatic heterocycles. The zero-order valence-electron chi connectivity index (χ0n) is 17.5. The van der Waals surface area contributed by atoms with Crippen LogP contribution in [0, 0.1) is 5.82 Å². The van der Waals surface area contributed by atoms with E-state index >= 15 is 0 Å². The van der Waals surface area contributed by atoms with Crippen LogP contribution in [0.25, 0.3) is 10.2 Å². The van der Waals surface area contributed by atoms with E-state index in [9.17, 15) is 17.6 Å². The normalized spacial score (nSPS) is 14.7. The van der Waals surface area contributed by atoms with E-state index in [0.717, 1.165) is 12.8 Å². The van der Waals surface area contributed by atoms with Crippen LogP contribution in [0.3, 0.4) is 0 Å². The maximum atomic E-state index is 14.2. The van der Waals surface area contributed by atoms with Gasteiger partial charge in [0.1, 0.15) is 17.1 Å². The molecule has 0 aliphatic carbocycles. The minimum atomic E-state index is -3.58. The van der Waals surface area contributed by atoms with Gasteiger partial charge in [-0.1, -0.05) is 17.4 Å². The first-order chi connectivity index (χ1) is 15.9. The number of amides is 1. The van der Waals surface area contributed by atoms with Crippen molar-refractivity contribution in [1.82, 2.24) is 9.29 Å². The molecule has 0 N–H and O–H groups in total. The molecule has 0 unspecified atom stereocenters. The first-order valence-electron chi connectivity index (χ1n) is 10.4. The molecule has 0 radical (unpaired) electrons. The van der Waals surface area contributed by atoms with Gasteiger partial charge in [-0.3, -0.25) is 9.69 Å². The highest BCUT2D eigenvalue weighted by atomic mass is 32.2. The average molecular weight is 486 g/mol. The standard InChI is InChI=1S/C23H20FN3O4S2/c24-19-6-3-7-20-21(19)25-23(32-20)27(15-17-5-4-14-31-17)22(28)16-8-10-18(11-9-16)33(29,30)26-12-1-2-13-26/h3-11,14H,1-2,12-13,15H2. The molecule has 5 rings (SSSR count). The van der Waals surface area contributed by atoms with Crippen LogP contribution in [0.2, 0.25) is 0 Å². The number of hydrogen-bond acceptors (Lipinski definition) is 6. The fraction of sp³-hybridized carbons (Fsp3) is 0.217. The van der Waals surface area contributed by atoms with Crippen LogP contribution in [0.5, 0.6) is 0 Å². The zero-order valence-corrected chi connectivity index (χ0v) is 19.1. The summed E-state index contributed by atoms with van der Waals surface area (Å²) in [5.74, 6) is -0.316. The number of sulfonamides is 1. The molecule has 170 valence electrons. The van der Waals surface area contributed by atoms with Crippen molar-refractivity contribution in [2.24, 2.45) is 0 Å². The Morgan fingerprint density at radius 2 is 1.85 bits per heavy atom. The van der Waals surface area contributed by atoms with E-state index in [4.69, 9.17) is 4.42 Å². The Hall–Kier alpha value is -3.08. The van der Waals surface area contributed by atoms with Crippen molar-refractivity contribution in [2.45, 2.75) is 24.3 Å².